The lowest BCUT2D eigenvalue weighted by atomic mass is 10.2. The number of furan rings is 1. The molecule has 1 amide bonds. The van der Waals surface area contributed by atoms with Crippen molar-refractivity contribution in [2.75, 3.05) is 12.4 Å². The van der Waals surface area contributed by atoms with Crippen molar-refractivity contribution in [2.45, 2.75) is 43.6 Å². The summed E-state index contributed by atoms with van der Waals surface area (Å²) >= 11 is 1.32. The van der Waals surface area contributed by atoms with E-state index in [1.807, 2.05) is 41.8 Å². The second kappa shape index (κ2) is 9.99. The van der Waals surface area contributed by atoms with Crippen molar-refractivity contribution >= 4 is 28.6 Å². The number of nitrogens with one attached hydrogen (secondary N) is 1. The third-order valence-electron chi connectivity index (χ3n) is 5.81. The summed E-state index contributed by atoms with van der Waals surface area (Å²) in [6.45, 7) is 3.22. The van der Waals surface area contributed by atoms with Gasteiger partial charge in [0.2, 0.25) is 5.91 Å². The highest BCUT2D eigenvalue weighted by Gasteiger charge is 2.23. The molecule has 0 radical (unpaired) electrons. The maximum atomic E-state index is 13.4. The quantitative estimate of drug-likeness (QED) is 0.358. The Bertz CT molecular complexity index is 1250. The van der Waals surface area contributed by atoms with Crippen LogP contribution < -0.4 is 5.32 Å². The van der Waals surface area contributed by atoms with Crippen LogP contribution in [0, 0.1) is 5.82 Å². The van der Waals surface area contributed by atoms with Crippen molar-refractivity contribution in [1.29, 1.82) is 0 Å². The minimum Gasteiger partial charge on any atom is -0.459 e. The van der Waals surface area contributed by atoms with Gasteiger partial charge in [-0.05, 0) is 56.2 Å². The number of nitrogens with zero attached hydrogens (tertiary/aromatic N) is 3. The molecule has 1 N–H and O–H groups in total. The van der Waals surface area contributed by atoms with E-state index in [1.165, 1.54) is 23.9 Å². The molecule has 0 spiro atoms. The van der Waals surface area contributed by atoms with Crippen LogP contribution >= 0.6 is 11.8 Å². The fourth-order valence-corrected chi connectivity index (χ4v) is 4.82. The number of benzene rings is 2. The highest BCUT2D eigenvalue weighted by molar-refractivity contribution is 7.99. The van der Waals surface area contributed by atoms with Crippen molar-refractivity contribution in [1.82, 2.24) is 20.1 Å². The first kappa shape index (κ1) is 22.6. The van der Waals surface area contributed by atoms with Gasteiger partial charge in [0.15, 0.2) is 11.0 Å². The molecule has 9 heteroatoms. The van der Waals surface area contributed by atoms with Gasteiger partial charge in [0.1, 0.15) is 17.2 Å². The molecule has 1 aliphatic heterocycles. The Morgan fingerprint density at radius 2 is 2.06 bits per heavy atom. The molecule has 0 aliphatic carbocycles. The van der Waals surface area contributed by atoms with Crippen LogP contribution in [-0.2, 0) is 16.1 Å². The summed E-state index contributed by atoms with van der Waals surface area (Å²) in [6, 6.07) is 15.6. The van der Waals surface area contributed by atoms with Gasteiger partial charge in [-0.2, -0.15) is 0 Å². The zero-order chi connectivity index (χ0) is 23.5. The summed E-state index contributed by atoms with van der Waals surface area (Å²) < 4.78 is 27.0. The predicted molar refractivity (Wildman–Crippen MR) is 128 cm³/mol. The molecule has 1 saturated heterocycles. The van der Waals surface area contributed by atoms with E-state index < -0.39 is 0 Å². The molecule has 0 saturated carbocycles. The predicted octanol–water partition coefficient (Wildman–Crippen LogP) is 4.98. The van der Waals surface area contributed by atoms with Crippen LogP contribution in [0.5, 0.6) is 0 Å². The van der Waals surface area contributed by atoms with Gasteiger partial charge in [0.05, 0.1) is 24.4 Å². The average Bonchev–Trinajstić information content (AvgIpc) is 3.59. The minimum atomic E-state index is -0.307. The largest absolute Gasteiger partial charge is 0.459 e. The molecule has 176 valence electrons. The second-order valence-corrected chi connectivity index (χ2v) is 9.27. The van der Waals surface area contributed by atoms with E-state index >= 15 is 0 Å². The van der Waals surface area contributed by atoms with Crippen molar-refractivity contribution in [3.63, 3.8) is 0 Å². The third kappa shape index (κ3) is 5.00. The number of halogens is 1. The Hall–Kier alpha value is -3.17. The molecule has 2 aromatic carbocycles. The first-order valence-electron chi connectivity index (χ1n) is 11.3. The van der Waals surface area contributed by atoms with Crippen molar-refractivity contribution < 1.29 is 18.3 Å². The molecule has 34 heavy (non-hydrogen) atoms. The Balaban J connectivity index is 1.28. The zero-order valence-corrected chi connectivity index (χ0v) is 19.6. The summed E-state index contributed by atoms with van der Waals surface area (Å²) in [5.74, 6) is 1.08. The standard InChI is InChI=1S/C25H25FN4O3S/c1-16(22-13-18-5-2-3-7-21(18)33-22)27-23(31)15-34-25-29-28-24(17-8-10-19(26)11-9-17)30(25)14-20-6-4-12-32-20/h2-3,5,7-11,13,16,20H,4,6,12,14-15H2,1H3,(H,27,31)/t16-,20+/m1/s1. The number of amides is 1. The average molecular weight is 481 g/mol. The lowest BCUT2D eigenvalue weighted by Crippen LogP contribution is -2.28. The molecule has 0 bridgehead atoms. The number of para-hydroxylation sites is 1. The summed E-state index contributed by atoms with van der Waals surface area (Å²) in [5.41, 5.74) is 1.56. The van der Waals surface area contributed by atoms with E-state index in [9.17, 15) is 9.18 Å². The normalized spacial score (nSPS) is 16.7. The third-order valence-corrected chi connectivity index (χ3v) is 6.78. The van der Waals surface area contributed by atoms with Crippen molar-refractivity contribution in [3.05, 3.63) is 66.2 Å². The van der Waals surface area contributed by atoms with Gasteiger partial charge in [-0.1, -0.05) is 30.0 Å². The summed E-state index contributed by atoms with van der Waals surface area (Å²) in [6.07, 6.45) is 2.04. The first-order valence-corrected chi connectivity index (χ1v) is 12.3. The molecule has 2 aromatic heterocycles. The summed E-state index contributed by atoms with van der Waals surface area (Å²) in [5, 5.41) is 13.3. The highest BCUT2D eigenvalue weighted by atomic mass is 32.2. The molecule has 5 rings (SSSR count). The Morgan fingerprint density at radius 3 is 2.82 bits per heavy atom. The van der Waals surface area contributed by atoms with E-state index in [2.05, 4.69) is 15.5 Å². The molecular formula is C25H25FN4O3S. The van der Waals surface area contributed by atoms with Crippen LogP contribution in [0.25, 0.3) is 22.4 Å². The fourth-order valence-electron chi connectivity index (χ4n) is 4.06. The Morgan fingerprint density at radius 1 is 1.24 bits per heavy atom. The Kier molecular flexibility index (Phi) is 6.64. The molecule has 1 fully saturated rings. The van der Waals surface area contributed by atoms with Crippen LogP contribution in [0.15, 0.2) is 64.2 Å². The number of carbonyl (C=O) groups excluding carboxylic acids is 1. The summed E-state index contributed by atoms with van der Waals surface area (Å²) in [4.78, 5) is 12.7. The van der Waals surface area contributed by atoms with Crippen LogP contribution in [0.4, 0.5) is 4.39 Å². The maximum absolute atomic E-state index is 13.4. The van der Waals surface area contributed by atoms with Gasteiger partial charge in [0, 0.05) is 17.6 Å². The van der Waals surface area contributed by atoms with Crippen LogP contribution in [0.2, 0.25) is 0 Å². The van der Waals surface area contributed by atoms with E-state index in [0.717, 1.165) is 36.0 Å². The van der Waals surface area contributed by atoms with E-state index in [-0.39, 0.29) is 29.6 Å². The molecule has 0 unspecified atom stereocenters. The first-order chi connectivity index (χ1) is 16.6. The van der Waals surface area contributed by atoms with E-state index in [1.54, 1.807) is 12.1 Å². The van der Waals surface area contributed by atoms with Gasteiger partial charge < -0.3 is 14.5 Å². The van der Waals surface area contributed by atoms with Gasteiger partial charge >= 0.3 is 0 Å². The molecule has 7 nitrogen and oxygen atoms in total. The number of carbonyl (C=O) groups is 1. The number of thioether (sulfide) groups is 1. The van der Waals surface area contributed by atoms with Crippen molar-refractivity contribution in [3.8, 4) is 11.4 Å². The smallest absolute Gasteiger partial charge is 0.231 e. The minimum absolute atomic E-state index is 0.0662. The number of fused-ring (bicyclic) bond motifs is 1. The number of hydrogen-bond acceptors (Lipinski definition) is 6. The van der Waals surface area contributed by atoms with Crippen LogP contribution in [0.3, 0.4) is 0 Å². The Labute approximate surface area is 200 Å². The van der Waals surface area contributed by atoms with Gasteiger partial charge in [0.25, 0.3) is 0 Å². The lowest BCUT2D eigenvalue weighted by molar-refractivity contribution is -0.119. The maximum Gasteiger partial charge on any atom is 0.231 e. The van der Waals surface area contributed by atoms with Crippen LogP contribution in [-0.4, -0.2) is 39.1 Å². The van der Waals surface area contributed by atoms with Gasteiger partial charge in [-0.15, -0.1) is 10.2 Å². The lowest BCUT2D eigenvalue weighted by Gasteiger charge is -2.15. The van der Waals surface area contributed by atoms with Gasteiger partial charge in [-0.25, -0.2) is 4.39 Å². The highest BCUT2D eigenvalue weighted by Crippen LogP contribution is 2.27. The summed E-state index contributed by atoms with van der Waals surface area (Å²) in [7, 11) is 0. The van der Waals surface area contributed by atoms with Crippen LogP contribution in [0.1, 0.15) is 31.6 Å². The second-order valence-electron chi connectivity index (χ2n) is 8.32. The number of ether oxygens (including phenoxy) is 1. The SMILES string of the molecule is C[C@@H](NC(=O)CSc1nnc(-c2ccc(F)cc2)n1C[C@@H]1CCCO1)c1cc2ccccc2o1. The van der Waals surface area contributed by atoms with E-state index in [0.29, 0.717) is 23.3 Å². The van der Waals surface area contributed by atoms with Gasteiger partial charge in [-0.3, -0.25) is 9.36 Å². The number of aromatic nitrogens is 3. The number of rotatable bonds is 8. The van der Waals surface area contributed by atoms with E-state index in [4.69, 9.17) is 9.15 Å². The number of hydrogen-bond donors (Lipinski definition) is 1. The zero-order valence-electron chi connectivity index (χ0n) is 18.7. The molecule has 1 aliphatic rings. The molecule has 3 heterocycles. The molecule has 4 aromatic rings. The molecule has 2 atom stereocenters. The molecular weight excluding hydrogens is 455 g/mol. The fraction of sp³-hybridized carbons (Fsp3) is 0.320. The monoisotopic (exact) mass is 480 g/mol. The topological polar surface area (TPSA) is 82.2 Å². The van der Waals surface area contributed by atoms with Crippen molar-refractivity contribution in [2.24, 2.45) is 0 Å².